The molecule has 0 spiro atoms. The minimum Gasteiger partial charge on any atom is -0.495 e. The molecule has 2 aromatic carbocycles. The van der Waals surface area contributed by atoms with E-state index >= 15 is 0 Å². The number of amides is 3. The molecule has 6 rings (SSSR count). The third-order valence-corrected chi connectivity index (χ3v) is 10.6. The molecule has 0 saturated heterocycles. The van der Waals surface area contributed by atoms with Crippen LogP contribution in [0, 0.1) is 11.8 Å². The summed E-state index contributed by atoms with van der Waals surface area (Å²) in [6.07, 6.45) is 8.96. The minimum atomic E-state index is -0.610. The molecule has 0 bridgehead atoms. The van der Waals surface area contributed by atoms with Gasteiger partial charge in [0, 0.05) is 17.8 Å². The van der Waals surface area contributed by atoms with E-state index in [2.05, 4.69) is 10.6 Å². The van der Waals surface area contributed by atoms with Gasteiger partial charge in [0.1, 0.15) is 33.0 Å². The molecule has 1 aromatic heterocycles. The van der Waals surface area contributed by atoms with Crippen molar-refractivity contribution in [2.24, 2.45) is 11.8 Å². The maximum absolute atomic E-state index is 14.5. The Morgan fingerprint density at radius 2 is 1.66 bits per heavy atom. The molecule has 2 saturated carbocycles. The zero-order valence-corrected chi connectivity index (χ0v) is 30.8. The lowest BCUT2D eigenvalue weighted by atomic mass is 9.73. The number of hydrogen-bond acceptors (Lipinski definition) is 8. The molecular weight excluding hydrogens is 679 g/mol. The van der Waals surface area contributed by atoms with E-state index in [9.17, 15) is 9.59 Å². The number of halogens is 2. The average molecular weight is 726 g/mol. The average Bonchev–Trinajstić information content (AvgIpc) is 3.62. The van der Waals surface area contributed by atoms with Gasteiger partial charge in [-0.1, -0.05) is 85.6 Å². The maximum Gasteiger partial charge on any atom is 0.407 e. The summed E-state index contributed by atoms with van der Waals surface area (Å²) in [5.41, 5.74) is 1.29. The molecule has 1 unspecified atom stereocenters. The number of urea groups is 1. The van der Waals surface area contributed by atoms with Crippen LogP contribution in [-0.2, 0) is 17.8 Å². The van der Waals surface area contributed by atoms with Crippen molar-refractivity contribution in [1.29, 1.82) is 0 Å². The SMILES string of the molecule is COc1cc(OC)c(Cl)c(N2Cc3cnc(N[C@@H]4C(C5CCCC5)CCC[C@@H]4NC(=O)OC(C)(C)C)nc3N(Cc3ccccc3)C2=O)c1Cl. The van der Waals surface area contributed by atoms with Gasteiger partial charge in [0.25, 0.3) is 0 Å². The maximum atomic E-state index is 14.5. The van der Waals surface area contributed by atoms with Crippen LogP contribution in [0.25, 0.3) is 0 Å². The quantitative estimate of drug-likeness (QED) is 0.225. The van der Waals surface area contributed by atoms with E-state index in [1.807, 2.05) is 51.1 Å². The number of methoxy groups -OCH3 is 2. The van der Waals surface area contributed by atoms with Crippen LogP contribution in [0.2, 0.25) is 10.0 Å². The first-order chi connectivity index (χ1) is 24.0. The Morgan fingerprint density at radius 1 is 0.980 bits per heavy atom. The van der Waals surface area contributed by atoms with Crippen LogP contribution >= 0.6 is 23.2 Å². The van der Waals surface area contributed by atoms with Crippen LogP contribution < -0.4 is 29.9 Å². The zero-order chi connectivity index (χ0) is 35.6. The molecule has 2 aliphatic carbocycles. The Labute approximate surface area is 304 Å². The summed E-state index contributed by atoms with van der Waals surface area (Å²) in [7, 11) is 2.99. The summed E-state index contributed by atoms with van der Waals surface area (Å²) in [6.45, 7) is 5.95. The van der Waals surface area contributed by atoms with Crippen LogP contribution in [0.5, 0.6) is 11.5 Å². The monoisotopic (exact) mass is 724 g/mol. The van der Waals surface area contributed by atoms with E-state index in [4.69, 9.17) is 47.4 Å². The number of nitrogens with one attached hydrogen (secondary N) is 2. The third-order valence-electron chi connectivity index (χ3n) is 9.84. The lowest BCUT2D eigenvalue weighted by molar-refractivity contribution is 0.0467. The Balaban J connectivity index is 1.37. The van der Waals surface area contributed by atoms with Gasteiger partial charge in [-0.2, -0.15) is 4.98 Å². The number of fused-ring (bicyclic) bond motifs is 1. The number of hydrogen-bond donors (Lipinski definition) is 2. The second-order valence-corrected chi connectivity index (χ2v) is 15.1. The van der Waals surface area contributed by atoms with Crippen molar-refractivity contribution in [3.8, 4) is 11.5 Å². The fourth-order valence-corrected chi connectivity index (χ4v) is 8.31. The highest BCUT2D eigenvalue weighted by Crippen LogP contribution is 2.48. The number of carbonyl (C=O) groups is 2. The lowest BCUT2D eigenvalue weighted by Crippen LogP contribution is -2.55. The Hall–Kier alpha value is -3.96. The summed E-state index contributed by atoms with van der Waals surface area (Å²) in [5.74, 6) is 2.41. The Bertz CT molecular complexity index is 1670. The molecule has 3 amide bonds. The Kier molecular flexibility index (Phi) is 10.8. The minimum absolute atomic E-state index is 0.113. The van der Waals surface area contributed by atoms with Gasteiger partial charge >= 0.3 is 12.1 Å². The molecule has 13 heteroatoms. The summed E-state index contributed by atoms with van der Waals surface area (Å²) in [4.78, 5) is 40.4. The predicted molar refractivity (Wildman–Crippen MR) is 196 cm³/mol. The zero-order valence-electron chi connectivity index (χ0n) is 29.3. The van der Waals surface area contributed by atoms with Crippen molar-refractivity contribution in [2.45, 2.75) is 96.5 Å². The van der Waals surface area contributed by atoms with Crippen molar-refractivity contribution >= 4 is 52.8 Å². The second-order valence-electron chi connectivity index (χ2n) is 14.3. The van der Waals surface area contributed by atoms with Crippen LogP contribution in [0.1, 0.15) is 76.8 Å². The number of anilines is 3. The molecule has 2 fully saturated rings. The number of rotatable bonds is 9. The number of nitrogens with zero attached hydrogens (tertiary/aromatic N) is 4. The highest BCUT2D eigenvalue weighted by Gasteiger charge is 2.41. The highest BCUT2D eigenvalue weighted by molar-refractivity contribution is 6.42. The fraction of sp³-hybridized carbons (Fsp3) is 0.514. The molecule has 2 N–H and O–H groups in total. The van der Waals surface area contributed by atoms with Crippen molar-refractivity contribution in [3.63, 3.8) is 0 Å². The molecular formula is C37H46Cl2N6O5. The van der Waals surface area contributed by atoms with Crippen molar-refractivity contribution in [3.05, 3.63) is 63.8 Å². The second kappa shape index (κ2) is 15.1. The van der Waals surface area contributed by atoms with E-state index < -0.39 is 11.7 Å². The topological polar surface area (TPSA) is 118 Å². The van der Waals surface area contributed by atoms with Crippen molar-refractivity contribution < 1.29 is 23.8 Å². The number of alkyl carbamates (subject to hydrolysis) is 1. The molecule has 0 radical (unpaired) electrons. The molecule has 268 valence electrons. The standard InChI is InChI=1S/C37H46Cl2N6O5/c1-37(2,3)50-35(46)41-26-17-11-16-25(23-14-9-10-15-23)31(26)42-34-40-19-24-21-44(32-29(38)27(48-4)18-28(49-5)30(32)39)36(47)45(33(24)43-34)20-22-12-7-6-8-13-22/h6-8,12-13,18-19,23,25-26,31H,9-11,14-17,20-21H2,1-5H3,(H,41,46)(H,40,42,43)/t25?,26-,31+/m0/s1. The van der Waals surface area contributed by atoms with Crippen molar-refractivity contribution in [2.75, 3.05) is 29.3 Å². The predicted octanol–water partition coefficient (Wildman–Crippen LogP) is 8.61. The molecule has 2 heterocycles. The molecule has 50 heavy (non-hydrogen) atoms. The normalized spacial score (nSPS) is 21.1. The summed E-state index contributed by atoms with van der Waals surface area (Å²) < 4.78 is 16.7. The van der Waals surface area contributed by atoms with Gasteiger partial charge in [-0.05, 0) is 51.0 Å². The highest BCUT2D eigenvalue weighted by atomic mass is 35.5. The molecule has 1 aliphatic heterocycles. The first-order valence-electron chi connectivity index (χ1n) is 17.3. The van der Waals surface area contributed by atoms with E-state index in [0.29, 0.717) is 40.7 Å². The molecule has 3 aliphatic rings. The van der Waals surface area contributed by atoms with Crippen LogP contribution in [-0.4, -0.2) is 54.0 Å². The summed E-state index contributed by atoms with van der Waals surface area (Å²) >= 11 is 13.6. The van der Waals surface area contributed by atoms with E-state index in [-0.39, 0.29) is 46.9 Å². The first kappa shape index (κ1) is 35.9. The van der Waals surface area contributed by atoms with Gasteiger partial charge in [0.15, 0.2) is 0 Å². The van der Waals surface area contributed by atoms with Gasteiger partial charge in [0.2, 0.25) is 5.95 Å². The number of carbonyl (C=O) groups excluding carboxylic acids is 2. The van der Waals surface area contributed by atoms with E-state index in [1.165, 1.54) is 44.8 Å². The molecule has 11 nitrogen and oxygen atoms in total. The van der Waals surface area contributed by atoms with Gasteiger partial charge in [-0.3, -0.25) is 9.80 Å². The third kappa shape index (κ3) is 7.68. The van der Waals surface area contributed by atoms with Crippen LogP contribution in [0.3, 0.4) is 0 Å². The fourth-order valence-electron chi connectivity index (χ4n) is 7.60. The van der Waals surface area contributed by atoms with Crippen LogP contribution in [0.15, 0.2) is 42.6 Å². The summed E-state index contributed by atoms with van der Waals surface area (Å²) in [5, 5.41) is 7.19. The van der Waals surface area contributed by atoms with Gasteiger partial charge in [0.05, 0.1) is 45.1 Å². The number of aromatic nitrogens is 2. The Morgan fingerprint density at radius 3 is 2.30 bits per heavy atom. The summed E-state index contributed by atoms with van der Waals surface area (Å²) in [6, 6.07) is 10.7. The number of benzene rings is 2. The van der Waals surface area contributed by atoms with Crippen LogP contribution in [0.4, 0.5) is 27.0 Å². The van der Waals surface area contributed by atoms with E-state index in [1.54, 1.807) is 17.2 Å². The molecule has 3 atom stereocenters. The van der Waals surface area contributed by atoms with E-state index in [0.717, 1.165) is 24.8 Å². The first-order valence-corrected chi connectivity index (χ1v) is 18.1. The van der Waals surface area contributed by atoms with Gasteiger partial charge < -0.3 is 24.8 Å². The van der Waals surface area contributed by atoms with Gasteiger partial charge in [-0.25, -0.2) is 14.6 Å². The van der Waals surface area contributed by atoms with Gasteiger partial charge in [-0.15, -0.1) is 0 Å². The molecule has 3 aromatic rings. The number of ether oxygens (including phenoxy) is 3. The lowest BCUT2D eigenvalue weighted by Gasteiger charge is -2.42. The smallest absolute Gasteiger partial charge is 0.407 e. The van der Waals surface area contributed by atoms with Crippen molar-refractivity contribution in [1.82, 2.24) is 15.3 Å². The largest absolute Gasteiger partial charge is 0.495 e.